The quantitative estimate of drug-likeness (QED) is 0.652. The van der Waals surface area contributed by atoms with Gasteiger partial charge >= 0.3 is 0 Å². The second-order valence-corrected chi connectivity index (χ2v) is 7.40. The molecule has 1 heterocycles. The molecule has 1 fully saturated rings. The van der Waals surface area contributed by atoms with Crippen LogP contribution in [0.3, 0.4) is 0 Å². The average Bonchev–Trinajstić information content (AvgIpc) is 2.77. The van der Waals surface area contributed by atoms with E-state index in [-0.39, 0.29) is 17.2 Å². The fourth-order valence-electron chi connectivity index (χ4n) is 3.19. The van der Waals surface area contributed by atoms with Crippen molar-refractivity contribution in [3.05, 3.63) is 41.3 Å². The van der Waals surface area contributed by atoms with Crippen molar-refractivity contribution in [1.29, 1.82) is 0 Å². The lowest BCUT2D eigenvalue weighted by Gasteiger charge is -2.39. The Kier molecular flexibility index (Phi) is 4.56. The van der Waals surface area contributed by atoms with Crippen molar-refractivity contribution in [1.82, 2.24) is 10.4 Å². The summed E-state index contributed by atoms with van der Waals surface area (Å²) < 4.78 is 6.00. The van der Waals surface area contributed by atoms with Crippen molar-refractivity contribution in [3.63, 3.8) is 0 Å². The van der Waals surface area contributed by atoms with E-state index >= 15 is 0 Å². The van der Waals surface area contributed by atoms with Crippen LogP contribution in [0.15, 0.2) is 30.2 Å². The van der Waals surface area contributed by atoms with Gasteiger partial charge in [0.15, 0.2) is 0 Å². The maximum absolute atomic E-state index is 13.0. The molecule has 0 aromatic heterocycles. The third kappa shape index (κ3) is 3.26. The van der Waals surface area contributed by atoms with Crippen LogP contribution < -0.4 is 10.2 Å². The van der Waals surface area contributed by atoms with Crippen molar-refractivity contribution < 1.29 is 19.5 Å². The highest BCUT2D eigenvalue weighted by molar-refractivity contribution is 5.94. The summed E-state index contributed by atoms with van der Waals surface area (Å²) in [5.74, 6) is 0.823. The zero-order chi connectivity index (χ0) is 18.2. The van der Waals surface area contributed by atoms with Crippen LogP contribution in [-0.2, 0) is 11.3 Å². The number of hydrogen-bond donors (Lipinski definition) is 2. The van der Waals surface area contributed by atoms with E-state index in [0.29, 0.717) is 23.6 Å². The molecule has 0 atom stereocenters. The number of hydroxylamine groups is 1. The fourth-order valence-corrected chi connectivity index (χ4v) is 3.19. The van der Waals surface area contributed by atoms with Crippen molar-refractivity contribution in [2.75, 3.05) is 0 Å². The van der Waals surface area contributed by atoms with Gasteiger partial charge in [0.05, 0.1) is 6.54 Å². The lowest BCUT2D eigenvalue weighted by molar-refractivity contribution is -0.143. The molecule has 2 amide bonds. The summed E-state index contributed by atoms with van der Waals surface area (Å²) >= 11 is 0. The smallest absolute Gasteiger partial charge is 0.274 e. The summed E-state index contributed by atoms with van der Waals surface area (Å²) in [7, 11) is 0. The monoisotopic (exact) mass is 344 g/mol. The number of rotatable bonds is 3. The molecule has 2 aliphatic rings. The van der Waals surface area contributed by atoms with Crippen molar-refractivity contribution in [2.24, 2.45) is 11.3 Å². The molecular formula is C19H24N2O4. The van der Waals surface area contributed by atoms with Crippen LogP contribution in [-0.4, -0.2) is 21.9 Å². The van der Waals surface area contributed by atoms with Gasteiger partial charge in [-0.1, -0.05) is 33.3 Å². The van der Waals surface area contributed by atoms with Gasteiger partial charge in [-0.15, -0.1) is 0 Å². The Morgan fingerprint density at radius 3 is 2.60 bits per heavy atom. The number of hydrogen-bond acceptors (Lipinski definition) is 4. The summed E-state index contributed by atoms with van der Waals surface area (Å²) in [6, 6.07) is 4.97. The lowest BCUT2D eigenvalue weighted by Crippen LogP contribution is -2.43. The normalized spacial score (nSPS) is 18.4. The van der Waals surface area contributed by atoms with E-state index < -0.39 is 5.91 Å². The molecule has 0 unspecified atom stereocenters. The van der Waals surface area contributed by atoms with Gasteiger partial charge in [0.2, 0.25) is 5.91 Å². The molecule has 0 spiro atoms. The Morgan fingerprint density at radius 1 is 1.32 bits per heavy atom. The van der Waals surface area contributed by atoms with Crippen molar-refractivity contribution in [2.45, 2.75) is 46.6 Å². The third-order valence-electron chi connectivity index (χ3n) is 5.09. The average molecular weight is 344 g/mol. The van der Waals surface area contributed by atoms with Gasteiger partial charge in [-0.05, 0) is 25.0 Å². The van der Waals surface area contributed by atoms with Gasteiger partial charge in [-0.3, -0.25) is 14.8 Å². The number of nitrogens with one attached hydrogen (secondary N) is 1. The highest BCUT2D eigenvalue weighted by Gasteiger charge is 2.42. The first-order valence-corrected chi connectivity index (χ1v) is 8.62. The first kappa shape index (κ1) is 17.5. The Balaban J connectivity index is 1.97. The van der Waals surface area contributed by atoms with Crippen molar-refractivity contribution in [3.8, 4) is 5.75 Å². The van der Waals surface area contributed by atoms with Crippen LogP contribution in [0.25, 0.3) is 0 Å². The van der Waals surface area contributed by atoms with E-state index in [1.165, 1.54) is 0 Å². The summed E-state index contributed by atoms with van der Waals surface area (Å²) in [5, 5.41) is 8.82. The van der Waals surface area contributed by atoms with Gasteiger partial charge in [0.1, 0.15) is 11.5 Å². The predicted octanol–water partition coefficient (Wildman–Crippen LogP) is 3.21. The molecule has 0 saturated heterocycles. The number of fused-ring (bicyclic) bond motifs is 1. The van der Waals surface area contributed by atoms with Gasteiger partial charge in [0.25, 0.3) is 5.91 Å². The first-order valence-electron chi connectivity index (χ1n) is 8.62. The molecular weight excluding hydrogens is 320 g/mol. The molecule has 0 radical (unpaired) electrons. The SMILES string of the molecule is CC(C)C1=CN(C(=O)C2(C)CCC2)Cc2ccc(C(=O)NO)cc2O1. The Morgan fingerprint density at radius 2 is 2.04 bits per heavy atom. The van der Waals surface area contributed by atoms with Crippen LogP contribution in [0, 0.1) is 11.3 Å². The van der Waals surface area contributed by atoms with E-state index in [4.69, 9.17) is 9.94 Å². The lowest BCUT2D eigenvalue weighted by atomic mass is 9.69. The van der Waals surface area contributed by atoms with Crippen molar-refractivity contribution >= 4 is 11.8 Å². The molecule has 2 N–H and O–H groups in total. The zero-order valence-corrected chi connectivity index (χ0v) is 14.8. The topological polar surface area (TPSA) is 78.9 Å². The number of allylic oxidation sites excluding steroid dienone is 1. The molecule has 6 nitrogen and oxygen atoms in total. The summed E-state index contributed by atoms with van der Waals surface area (Å²) in [4.78, 5) is 26.4. The minimum Gasteiger partial charge on any atom is -0.460 e. The van der Waals surface area contributed by atoms with E-state index in [0.717, 1.165) is 24.8 Å². The molecule has 3 rings (SSSR count). The molecule has 1 aromatic carbocycles. The van der Waals surface area contributed by atoms with Gasteiger partial charge in [-0.2, -0.15) is 0 Å². The van der Waals surface area contributed by atoms with Crippen LogP contribution in [0.4, 0.5) is 0 Å². The number of benzene rings is 1. The molecule has 1 saturated carbocycles. The van der Waals surface area contributed by atoms with Crippen LogP contribution in [0.5, 0.6) is 5.75 Å². The zero-order valence-electron chi connectivity index (χ0n) is 14.8. The number of carbonyl (C=O) groups excluding carboxylic acids is 2. The molecule has 1 aliphatic heterocycles. The Hall–Kier alpha value is -2.34. The molecule has 25 heavy (non-hydrogen) atoms. The predicted molar refractivity (Wildman–Crippen MR) is 91.8 cm³/mol. The maximum Gasteiger partial charge on any atom is 0.274 e. The summed E-state index contributed by atoms with van der Waals surface area (Å²) in [5.41, 5.74) is 2.47. The van der Waals surface area contributed by atoms with E-state index in [9.17, 15) is 9.59 Å². The van der Waals surface area contributed by atoms with E-state index in [1.807, 2.05) is 20.8 Å². The first-order chi connectivity index (χ1) is 11.8. The van der Waals surface area contributed by atoms with Crippen LogP contribution >= 0.6 is 0 Å². The number of ether oxygens (including phenoxy) is 1. The largest absolute Gasteiger partial charge is 0.460 e. The van der Waals surface area contributed by atoms with Gasteiger partial charge < -0.3 is 9.64 Å². The van der Waals surface area contributed by atoms with Gasteiger partial charge in [0, 0.05) is 28.7 Å². The highest BCUT2D eigenvalue weighted by Crippen LogP contribution is 2.43. The molecule has 1 aromatic rings. The second-order valence-electron chi connectivity index (χ2n) is 7.40. The summed E-state index contributed by atoms with van der Waals surface area (Å²) in [6.45, 7) is 6.41. The number of carbonyl (C=O) groups is 2. The standard InChI is InChI=1S/C19H24N2O4/c1-12(2)16-11-21(18(23)19(3)7-4-8-19)10-14-6-5-13(17(22)20-24)9-15(14)25-16/h5-6,9,11-12,24H,4,7-8,10H2,1-3H3,(H,20,22). The Labute approximate surface area is 147 Å². The van der Waals surface area contributed by atoms with Crippen LogP contribution in [0.1, 0.15) is 56.0 Å². The molecule has 6 heteroatoms. The molecule has 0 bridgehead atoms. The summed E-state index contributed by atoms with van der Waals surface area (Å²) in [6.07, 6.45) is 4.71. The Bertz CT molecular complexity index is 735. The minimum absolute atomic E-state index is 0.0887. The van der Waals surface area contributed by atoms with E-state index in [1.54, 1.807) is 34.8 Å². The highest BCUT2D eigenvalue weighted by atomic mass is 16.5. The van der Waals surface area contributed by atoms with Crippen LogP contribution in [0.2, 0.25) is 0 Å². The second kappa shape index (κ2) is 6.52. The third-order valence-corrected chi connectivity index (χ3v) is 5.09. The molecule has 1 aliphatic carbocycles. The minimum atomic E-state index is -0.597. The number of nitrogens with zero attached hydrogens (tertiary/aromatic N) is 1. The fraction of sp³-hybridized carbons (Fsp3) is 0.474. The number of amides is 2. The van der Waals surface area contributed by atoms with Gasteiger partial charge in [-0.25, -0.2) is 5.48 Å². The van der Waals surface area contributed by atoms with E-state index in [2.05, 4.69) is 0 Å². The molecule has 134 valence electrons. The maximum atomic E-state index is 13.0.